The second kappa shape index (κ2) is 16.6. The predicted octanol–water partition coefficient (Wildman–Crippen LogP) is 0.0132. The maximum Gasteiger partial charge on any atom is 0.233 e. The molecule has 3 aromatic rings. The summed E-state index contributed by atoms with van der Waals surface area (Å²) < 4.78 is 13.3. The van der Waals surface area contributed by atoms with Crippen LogP contribution in [-0.4, -0.2) is 96.1 Å². The Morgan fingerprint density at radius 1 is 0.837 bits per heavy atom. The van der Waals surface area contributed by atoms with Gasteiger partial charge >= 0.3 is 0 Å². The first-order valence-corrected chi connectivity index (χ1v) is 15.5. The topological polar surface area (TPSA) is 240 Å². The highest BCUT2D eigenvalue weighted by atomic mass is 19.1. The van der Waals surface area contributed by atoms with Crippen molar-refractivity contribution in [3.8, 4) is 11.5 Å². The zero-order chi connectivity index (χ0) is 35.8. The van der Waals surface area contributed by atoms with Gasteiger partial charge in [0, 0.05) is 30.4 Å². The lowest BCUT2D eigenvalue weighted by molar-refractivity contribution is -0.132. The van der Waals surface area contributed by atoms with Crippen LogP contribution in [0.15, 0.2) is 66.7 Å². The molecule has 0 aliphatic carbocycles. The van der Waals surface area contributed by atoms with Gasteiger partial charge in [0.15, 0.2) is 0 Å². The van der Waals surface area contributed by atoms with Crippen molar-refractivity contribution in [2.24, 2.45) is 5.92 Å². The summed E-state index contributed by atoms with van der Waals surface area (Å²) in [6, 6.07) is 15.5. The van der Waals surface area contributed by atoms with Crippen LogP contribution in [0.3, 0.4) is 0 Å². The second-order valence-corrected chi connectivity index (χ2v) is 11.9. The molecule has 0 radical (unpaired) electrons. The Kier molecular flexibility index (Phi) is 12.6. The van der Waals surface area contributed by atoms with E-state index in [0.29, 0.717) is 22.4 Å². The third kappa shape index (κ3) is 9.29. The van der Waals surface area contributed by atoms with Crippen molar-refractivity contribution in [2.75, 3.05) is 18.1 Å². The van der Waals surface area contributed by atoms with Crippen LogP contribution in [0.2, 0.25) is 0 Å². The molecule has 3 aromatic carbocycles. The highest BCUT2D eigenvalue weighted by molar-refractivity contribution is 6.03. The SMILES string of the molecule is O=C(CC(=O)NC[C@H](O)[C@@H](O)[C@H](O)[C@H](O)CO)NCc1ccc(N2C(=O)[C@H](CC[C@H](O)c3ccc(F)cc3)[C@H]2c2ccc(O)cc2O)cc1. The molecule has 1 saturated heterocycles. The highest BCUT2D eigenvalue weighted by Crippen LogP contribution is 2.49. The average Bonchev–Trinajstić information content (AvgIpc) is 3.08. The van der Waals surface area contributed by atoms with E-state index in [0.717, 1.165) is 0 Å². The van der Waals surface area contributed by atoms with E-state index < -0.39 is 79.7 Å². The Morgan fingerprint density at radius 2 is 1.47 bits per heavy atom. The van der Waals surface area contributed by atoms with E-state index >= 15 is 0 Å². The van der Waals surface area contributed by atoms with Crippen LogP contribution in [0.5, 0.6) is 11.5 Å². The highest BCUT2D eigenvalue weighted by Gasteiger charge is 2.49. The van der Waals surface area contributed by atoms with Gasteiger partial charge in [-0.15, -0.1) is 0 Å². The van der Waals surface area contributed by atoms with Gasteiger partial charge in [-0.1, -0.05) is 24.3 Å². The summed E-state index contributed by atoms with van der Waals surface area (Å²) in [5.41, 5.74) is 2.02. The number of rotatable bonds is 16. The maximum atomic E-state index is 13.4. The number of halogens is 1. The normalized spacial score (nSPS) is 18.9. The van der Waals surface area contributed by atoms with Gasteiger partial charge in [0.05, 0.1) is 30.8 Å². The van der Waals surface area contributed by atoms with Crippen molar-refractivity contribution in [2.45, 2.75) is 62.4 Å². The Balaban J connectivity index is 1.34. The summed E-state index contributed by atoms with van der Waals surface area (Å²) in [7, 11) is 0. The number of phenolic OH excluding ortho intramolecular Hbond substituents is 2. The summed E-state index contributed by atoms with van der Waals surface area (Å²) in [5.74, 6) is -3.11. The minimum absolute atomic E-state index is 0.0268. The summed E-state index contributed by atoms with van der Waals surface area (Å²) in [4.78, 5) is 39.3. The molecule has 15 heteroatoms. The lowest BCUT2D eigenvalue weighted by Crippen LogP contribution is -2.55. The lowest BCUT2D eigenvalue weighted by Gasteiger charge is -2.48. The van der Waals surface area contributed by atoms with Crippen molar-refractivity contribution >= 4 is 23.4 Å². The average molecular weight is 686 g/mol. The number of hydrogen-bond donors (Lipinski definition) is 10. The molecule has 1 heterocycles. The minimum Gasteiger partial charge on any atom is -0.508 e. The fourth-order valence-electron chi connectivity index (χ4n) is 5.59. The molecule has 1 aliphatic rings. The standard InChI is InChI=1S/C34H40FN3O11/c35-20-5-3-19(4-6-20)25(41)12-11-24-31(23-10-9-22(40)13-26(23)42)38(34(24)49)21-7-1-18(2-8-21)15-36-29(45)14-30(46)37-16-27(43)32(47)33(48)28(44)17-39/h1-10,13,24-25,27-28,31-33,39-44,47-48H,11-12,14-17H2,(H,36,45)(H,37,46)/t24-,25+,27+,28-,31-,32-,33-/m1/s1. The van der Waals surface area contributed by atoms with Gasteiger partial charge in [0.1, 0.15) is 42.0 Å². The smallest absolute Gasteiger partial charge is 0.233 e. The van der Waals surface area contributed by atoms with Crippen LogP contribution in [0.1, 0.15) is 48.1 Å². The predicted molar refractivity (Wildman–Crippen MR) is 171 cm³/mol. The van der Waals surface area contributed by atoms with Crippen LogP contribution in [0.25, 0.3) is 0 Å². The molecule has 0 spiro atoms. The monoisotopic (exact) mass is 685 g/mol. The van der Waals surface area contributed by atoms with E-state index in [9.17, 15) is 54.5 Å². The van der Waals surface area contributed by atoms with Crippen LogP contribution in [-0.2, 0) is 20.9 Å². The number of β-lactam (4-membered cyclic amide) rings is 1. The number of amides is 3. The molecule has 0 bridgehead atoms. The first-order valence-electron chi connectivity index (χ1n) is 15.5. The molecule has 0 unspecified atom stereocenters. The number of nitrogens with one attached hydrogen (secondary N) is 2. The summed E-state index contributed by atoms with van der Waals surface area (Å²) in [6.07, 6.45) is -8.19. The molecule has 0 aromatic heterocycles. The van der Waals surface area contributed by atoms with Crippen molar-refractivity contribution in [1.82, 2.24) is 10.6 Å². The number of carbonyl (C=O) groups is 3. The van der Waals surface area contributed by atoms with Crippen LogP contribution >= 0.6 is 0 Å². The second-order valence-electron chi connectivity index (χ2n) is 11.9. The Hall–Kier alpha value is -4.64. The first kappa shape index (κ1) is 37.2. The van der Waals surface area contributed by atoms with Gasteiger partial charge in [-0.2, -0.15) is 0 Å². The Labute approximate surface area is 280 Å². The number of carbonyl (C=O) groups excluding carboxylic acids is 3. The third-order valence-electron chi connectivity index (χ3n) is 8.41. The molecule has 14 nitrogen and oxygen atoms in total. The molecule has 7 atom stereocenters. The van der Waals surface area contributed by atoms with Gasteiger partial charge in [0.25, 0.3) is 0 Å². The zero-order valence-electron chi connectivity index (χ0n) is 26.3. The van der Waals surface area contributed by atoms with E-state index in [4.69, 9.17) is 5.11 Å². The van der Waals surface area contributed by atoms with Gasteiger partial charge < -0.3 is 56.4 Å². The number of benzene rings is 3. The maximum absolute atomic E-state index is 13.4. The van der Waals surface area contributed by atoms with Gasteiger partial charge in [-0.05, 0) is 60.4 Å². The number of phenols is 2. The van der Waals surface area contributed by atoms with Gasteiger partial charge in [0.2, 0.25) is 17.7 Å². The van der Waals surface area contributed by atoms with E-state index in [2.05, 4.69) is 10.6 Å². The minimum atomic E-state index is -1.86. The molecule has 1 fully saturated rings. The van der Waals surface area contributed by atoms with Gasteiger partial charge in [-0.25, -0.2) is 4.39 Å². The Morgan fingerprint density at radius 3 is 2.10 bits per heavy atom. The molecular weight excluding hydrogens is 645 g/mol. The van der Waals surface area contributed by atoms with Crippen LogP contribution < -0.4 is 15.5 Å². The molecule has 4 rings (SSSR count). The van der Waals surface area contributed by atoms with E-state index in [1.807, 2.05) is 0 Å². The molecular formula is C34H40FN3O11. The van der Waals surface area contributed by atoms with Gasteiger partial charge in [-0.3, -0.25) is 14.4 Å². The number of aromatic hydroxyl groups is 2. The third-order valence-corrected chi connectivity index (χ3v) is 8.41. The number of nitrogens with zero attached hydrogens (tertiary/aromatic N) is 1. The summed E-state index contributed by atoms with van der Waals surface area (Å²) in [5, 5.41) is 83.5. The number of hydrogen-bond acceptors (Lipinski definition) is 11. The summed E-state index contributed by atoms with van der Waals surface area (Å²) in [6.45, 7) is -1.36. The largest absolute Gasteiger partial charge is 0.508 e. The van der Waals surface area contributed by atoms with Crippen molar-refractivity contribution < 1.29 is 59.6 Å². The number of anilines is 1. The fourth-order valence-corrected chi connectivity index (χ4v) is 5.59. The van der Waals surface area contributed by atoms with Crippen molar-refractivity contribution in [3.05, 3.63) is 89.2 Å². The first-order chi connectivity index (χ1) is 23.3. The van der Waals surface area contributed by atoms with E-state index in [-0.39, 0.29) is 36.8 Å². The Bertz CT molecular complexity index is 1590. The van der Waals surface area contributed by atoms with Crippen LogP contribution in [0, 0.1) is 11.7 Å². The summed E-state index contributed by atoms with van der Waals surface area (Å²) >= 11 is 0. The van der Waals surface area contributed by atoms with E-state index in [1.165, 1.54) is 47.4 Å². The quantitative estimate of drug-likeness (QED) is 0.0712. The number of aliphatic hydroxyl groups is 6. The van der Waals surface area contributed by atoms with Crippen LogP contribution in [0.4, 0.5) is 10.1 Å². The lowest BCUT2D eigenvalue weighted by atomic mass is 9.78. The zero-order valence-corrected chi connectivity index (χ0v) is 26.3. The molecule has 3 amide bonds. The molecule has 1 aliphatic heterocycles. The molecule has 10 N–H and O–H groups in total. The molecule has 264 valence electrons. The fraction of sp³-hybridized carbons (Fsp3) is 0.382. The van der Waals surface area contributed by atoms with E-state index in [1.54, 1.807) is 24.3 Å². The molecule has 49 heavy (non-hydrogen) atoms. The van der Waals surface area contributed by atoms with Crippen molar-refractivity contribution in [1.29, 1.82) is 0 Å². The van der Waals surface area contributed by atoms with Crippen molar-refractivity contribution in [3.63, 3.8) is 0 Å². The molecule has 0 saturated carbocycles. The number of aliphatic hydroxyl groups excluding tert-OH is 6.